The molecule has 23 heavy (non-hydrogen) atoms. The van der Waals surface area contributed by atoms with Gasteiger partial charge in [-0.15, -0.1) is 11.3 Å². The quantitative estimate of drug-likeness (QED) is 0.783. The Kier molecular flexibility index (Phi) is 3.23. The molecule has 0 fully saturated rings. The number of aryl methyl sites for hydroxylation is 2. The summed E-state index contributed by atoms with van der Waals surface area (Å²) < 4.78 is 1.51. The number of anilines is 1. The Hall–Kier alpha value is -2.54. The topological polar surface area (TPSA) is 76.4 Å². The molecule has 1 atom stereocenters. The number of rotatable bonds is 2. The van der Waals surface area contributed by atoms with Gasteiger partial charge in [0.25, 0.3) is 5.56 Å². The van der Waals surface area contributed by atoms with Crippen molar-refractivity contribution in [2.75, 3.05) is 5.32 Å². The highest BCUT2D eigenvalue weighted by atomic mass is 32.1. The fourth-order valence-electron chi connectivity index (χ4n) is 2.97. The molecule has 0 spiro atoms. The number of benzene rings is 1. The Morgan fingerprint density at radius 2 is 2.22 bits per heavy atom. The van der Waals surface area contributed by atoms with Gasteiger partial charge in [0, 0.05) is 5.38 Å². The van der Waals surface area contributed by atoms with Gasteiger partial charge in [0.1, 0.15) is 11.5 Å². The van der Waals surface area contributed by atoms with E-state index in [-0.39, 0.29) is 17.4 Å². The number of aromatic nitrogens is 3. The molecule has 0 radical (unpaired) electrons. The molecule has 2 heterocycles. The fraction of sp³-hybridized carbons (Fsp3) is 0.250. The molecule has 4 rings (SSSR count). The first-order valence-corrected chi connectivity index (χ1v) is 8.25. The van der Waals surface area contributed by atoms with Crippen LogP contribution in [0.25, 0.3) is 4.96 Å². The van der Waals surface area contributed by atoms with Gasteiger partial charge in [0.05, 0.1) is 5.92 Å². The second-order valence-corrected chi connectivity index (χ2v) is 6.43. The van der Waals surface area contributed by atoms with Crippen LogP contribution in [0.3, 0.4) is 0 Å². The molecule has 1 aliphatic carbocycles. The van der Waals surface area contributed by atoms with Crippen molar-refractivity contribution in [2.45, 2.75) is 25.7 Å². The molecule has 3 aromatic rings. The number of thiazole rings is 1. The Labute approximate surface area is 135 Å². The molecular formula is C16H14N4O2S. The minimum absolute atomic E-state index is 0.0483. The number of nitrogens with zero attached hydrogens (tertiary/aromatic N) is 3. The van der Waals surface area contributed by atoms with E-state index < -0.39 is 0 Å². The van der Waals surface area contributed by atoms with E-state index in [2.05, 4.69) is 21.5 Å². The SMILES string of the molecule is Cc1nn2c(NC(=O)C3CCc4ccccc43)csc2nc1=O. The third-order valence-corrected chi connectivity index (χ3v) is 4.96. The van der Waals surface area contributed by atoms with Gasteiger partial charge < -0.3 is 5.32 Å². The van der Waals surface area contributed by atoms with E-state index in [1.807, 2.05) is 18.2 Å². The molecule has 0 saturated heterocycles. The van der Waals surface area contributed by atoms with Crippen LogP contribution < -0.4 is 10.9 Å². The summed E-state index contributed by atoms with van der Waals surface area (Å²) in [6, 6.07) is 8.05. The predicted molar refractivity (Wildman–Crippen MR) is 88.0 cm³/mol. The maximum atomic E-state index is 12.6. The normalized spacial score (nSPS) is 16.5. The lowest BCUT2D eigenvalue weighted by Crippen LogP contribution is -2.22. The molecule has 2 aromatic heterocycles. The maximum Gasteiger partial charge on any atom is 0.295 e. The number of fused-ring (bicyclic) bond motifs is 2. The maximum absolute atomic E-state index is 12.6. The smallest absolute Gasteiger partial charge is 0.295 e. The average Bonchev–Trinajstić information content (AvgIpc) is 3.13. The van der Waals surface area contributed by atoms with Crippen LogP contribution in [0, 0.1) is 6.92 Å². The largest absolute Gasteiger partial charge is 0.309 e. The average molecular weight is 326 g/mol. The lowest BCUT2D eigenvalue weighted by atomic mass is 10.0. The van der Waals surface area contributed by atoms with Crippen molar-refractivity contribution in [3.63, 3.8) is 0 Å². The molecular weight excluding hydrogens is 312 g/mol. The van der Waals surface area contributed by atoms with Crippen molar-refractivity contribution in [1.82, 2.24) is 14.6 Å². The van der Waals surface area contributed by atoms with Crippen molar-refractivity contribution in [3.8, 4) is 0 Å². The molecule has 1 amide bonds. The van der Waals surface area contributed by atoms with Gasteiger partial charge >= 0.3 is 0 Å². The summed E-state index contributed by atoms with van der Waals surface area (Å²) in [6.45, 7) is 1.61. The highest BCUT2D eigenvalue weighted by molar-refractivity contribution is 7.15. The van der Waals surface area contributed by atoms with Gasteiger partial charge in [0.15, 0.2) is 0 Å². The first-order chi connectivity index (χ1) is 11.1. The van der Waals surface area contributed by atoms with Gasteiger partial charge in [-0.3, -0.25) is 9.59 Å². The fourth-order valence-corrected chi connectivity index (χ4v) is 3.72. The van der Waals surface area contributed by atoms with E-state index in [4.69, 9.17) is 0 Å². The van der Waals surface area contributed by atoms with E-state index in [9.17, 15) is 9.59 Å². The van der Waals surface area contributed by atoms with Crippen LogP contribution in [-0.2, 0) is 11.2 Å². The van der Waals surface area contributed by atoms with Gasteiger partial charge in [0.2, 0.25) is 10.9 Å². The van der Waals surface area contributed by atoms with Crippen molar-refractivity contribution in [3.05, 3.63) is 56.8 Å². The first-order valence-electron chi connectivity index (χ1n) is 7.37. The molecule has 1 aliphatic rings. The molecule has 6 nitrogen and oxygen atoms in total. The monoisotopic (exact) mass is 326 g/mol. The minimum atomic E-state index is -0.338. The van der Waals surface area contributed by atoms with E-state index in [0.717, 1.165) is 18.4 Å². The highest BCUT2D eigenvalue weighted by Gasteiger charge is 2.28. The standard InChI is InChI=1S/C16H14N4O2S/c1-9-14(21)18-16-20(19-9)13(8-23-16)17-15(22)12-7-6-10-4-2-3-5-11(10)12/h2-5,8,12H,6-7H2,1H3,(H,17,22). The molecule has 116 valence electrons. The van der Waals surface area contributed by atoms with Crippen LogP contribution in [0.15, 0.2) is 34.4 Å². The number of carbonyl (C=O) groups excluding carboxylic acids is 1. The number of hydrogen-bond acceptors (Lipinski definition) is 5. The summed E-state index contributed by atoms with van der Waals surface area (Å²) in [5.41, 5.74) is 2.30. The summed E-state index contributed by atoms with van der Waals surface area (Å²) in [5, 5.41) is 8.88. The number of carbonyl (C=O) groups is 1. The lowest BCUT2D eigenvalue weighted by molar-refractivity contribution is -0.117. The number of amides is 1. The van der Waals surface area contributed by atoms with Crippen LogP contribution in [0.2, 0.25) is 0 Å². The third kappa shape index (κ3) is 2.33. The van der Waals surface area contributed by atoms with Crippen molar-refractivity contribution in [1.29, 1.82) is 0 Å². The van der Waals surface area contributed by atoms with Gasteiger partial charge in [-0.25, -0.2) is 0 Å². The molecule has 7 heteroatoms. The van der Waals surface area contributed by atoms with Crippen molar-refractivity contribution in [2.24, 2.45) is 0 Å². The zero-order valence-corrected chi connectivity index (χ0v) is 13.3. The molecule has 1 N–H and O–H groups in total. The van der Waals surface area contributed by atoms with Crippen molar-refractivity contribution < 1.29 is 4.79 Å². The summed E-state index contributed by atoms with van der Waals surface area (Å²) in [7, 11) is 0. The van der Waals surface area contributed by atoms with Crippen LogP contribution in [0.1, 0.15) is 29.2 Å². The molecule has 0 aliphatic heterocycles. The summed E-state index contributed by atoms with van der Waals surface area (Å²) in [4.78, 5) is 28.6. The minimum Gasteiger partial charge on any atom is -0.309 e. The van der Waals surface area contributed by atoms with E-state index >= 15 is 0 Å². The lowest BCUT2D eigenvalue weighted by Gasteiger charge is -2.11. The Morgan fingerprint density at radius 3 is 3.09 bits per heavy atom. The van der Waals surface area contributed by atoms with Crippen molar-refractivity contribution >= 4 is 28.0 Å². The summed E-state index contributed by atoms with van der Waals surface area (Å²) in [6.07, 6.45) is 1.73. The second kappa shape index (κ2) is 5.27. The molecule has 1 unspecified atom stereocenters. The van der Waals surface area contributed by atoms with Gasteiger partial charge in [-0.05, 0) is 30.9 Å². The Balaban J connectivity index is 1.65. The molecule has 0 bridgehead atoms. The number of hydrogen-bond donors (Lipinski definition) is 1. The number of nitrogens with one attached hydrogen (secondary N) is 1. The third-order valence-electron chi connectivity index (χ3n) is 4.14. The second-order valence-electron chi connectivity index (χ2n) is 5.60. The zero-order chi connectivity index (χ0) is 16.0. The van der Waals surface area contributed by atoms with E-state index in [1.54, 1.807) is 12.3 Å². The van der Waals surface area contributed by atoms with Crippen LogP contribution >= 0.6 is 11.3 Å². The molecule has 1 aromatic carbocycles. The first kappa shape index (κ1) is 14.1. The highest BCUT2D eigenvalue weighted by Crippen LogP contribution is 2.33. The molecule has 0 saturated carbocycles. The van der Waals surface area contributed by atoms with Crippen LogP contribution in [0.5, 0.6) is 0 Å². The summed E-state index contributed by atoms with van der Waals surface area (Å²) >= 11 is 1.28. The summed E-state index contributed by atoms with van der Waals surface area (Å²) in [5.74, 6) is 0.359. The van der Waals surface area contributed by atoms with Gasteiger partial charge in [-0.1, -0.05) is 24.3 Å². The Bertz CT molecular complexity index is 976. The zero-order valence-electron chi connectivity index (χ0n) is 12.4. The van der Waals surface area contributed by atoms with E-state index in [1.165, 1.54) is 21.4 Å². The predicted octanol–water partition coefficient (Wildman–Crippen LogP) is 2.13. The van der Waals surface area contributed by atoms with Crippen LogP contribution in [0.4, 0.5) is 5.82 Å². The van der Waals surface area contributed by atoms with E-state index in [0.29, 0.717) is 16.5 Å². The van der Waals surface area contributed by atoms with Crippen LogP contribution in [-0.4, -0.2) is 20.5 Å². The van der Waals surface area contributed by atoms with Gasteiger partial charge in [-0.2, -0.15) is 14.6 Å². The Morgan fingerprint density at radius 1 is 1.39 bits per heavy atom.